The van der Waals surface area contributed by atoms with Gasteiger partial charge in [-0.3, -0.25) is 14.7 Å². The van der Waals surface area contributed by atoms with Gasteiger partial charge in [-0.15, -0.1) is 0 Å². The first-order valence-electron chi connectivity index (χ1n) is 7.64. The highest BCUT2D eigenvalue weighted by molar-refractivity contribution is 7.91. The molecule has 2 heterocycles. The van der Waals surface area contributed by atoms with E-state index in [1.807, 2.05) is 6.92 Å². The van der Waals surface area contributed by atoms with E-state index in [4.69, 9.17) is 0 Å². The first-order chi connectivity index (χ1) is 11.6. The lowest BCUT2D eigenvalue weighted by atomic mass is 10.3. The van der Waals surface area contributed by atoms with Crippen LogP contribution in [0.1, 0.15) is 31.3 Å². The van der Waals surface area contributed by atoms with Crippen LogP contribution in [0.3, 0.4) is 0 Å². The molecule has 0 aromatic carbocycles. The van der Waals surface area contributed by atoms with Crippen molar-refractivity contribution in [1.29, 1.82) is 0 Å². The number of nitrogens with one attached hydrogen (secondary N) is 1. The molecule has 1 atom stereocenters. The molecule has 0 aliphatic heterocycles. The molecule has 0 radical (unpaired) electrons. The summed E-state index contributed by atoms with van der Waals surface area (Å²) in [6.07, 6.45) is 5.19. The molecule has 0 aliphatic carbocycles. The van der Waals surface area contributed by atoms with E-state index in [0.717, 1.165) is 6.26 Å². The fourth-order valence-electron chi connectivity index (χ4n) is 2.40. The zero-order valence-corrected chi connectivity index (χ0v) is 15.2. The van der Waals surface area contributed by atoms with Crippen molar-refractivity contribution in [2.24, 2.45) is 0 Å². The predicted octanol–water partition coefficient (Wildman–Crippen LogP) is 1.77. The van der Waals surface area contributed by atoms with E-state index in [-0.39, 0.29) is 23.1 Å². The Morgan fingerprint density at radius 1 is 1.36 bits per heavy atom. The molecule has 0 saturated heterocycles. The molecule has 0 fully saturated rings. The minimum absolute atomic E-state index is 0.0232. The Bertz CT molecular complexity index is 893. The van der Waals surface area contributed by atoms with E-state index in [1.54, 1.807) is 13.1 Å². The smallest absolute Gasteiger partial charge is 0.333 e. The number of aryl methyl sites for hydroxylation is 2. The number of imidazole rings is 1. The summed E-state index contributed by atoms with van der Waals surface area (Å²) < 4.78 is 25.3. The Balaban J connectivity index is 2.57. The molecule has 11 heteroatoms. The van der Waals surface area contributed by atoms with E-state index in [2.05, 4.69) is 20.3 Å². The summed E-state index contributed by atoms with van der Waals surface area (Å²) in [6, 6.07) is 0. The van der Waals surface area contributed by atoms with E-state index in [9.17, 15) is 18.5 Å². The van der Waals surface area contributed by atoms with Crippen molar-refractivity contribution in [2.75, 3.05) is 11.6 Å². The Hall–Kier alpha value is -2.56. The Morgan fingerprint density at radius 3 is 2.52 bits per heavy atom. The van der Waals surface area contributed by atoms with Crippen molar-refractivity contribution in [1.82, 2.24) is 19.5 Å². The van der Waals surface area contributed by atoms with Gasteiger partial charge in [0.1, 0.15) is 16.9 Å². The second-order valence-corrected chi connectivity index (χ2v) is 7.89. The van der Waals surface area contributed by atoms with Crippen LogP contribution >= 0.6 is 0 Å². The van der Waals surface area contributed by atoms with Crippen LogP contribution in [0.2, 0.25) is 0 Å². The Kier molecular flexibility index (Phi) is 5.36. The number of nitro groups is 1. The maximum Gasteiger partial charge on any atom is 0.333 e. The van der Waals surface area contributed by atoms with Gasteiger partial charge in [0.15, 0.2) is 9.84 Å². The minimum Gasteiger partial charge on any atom is -0.338 e. The van der Waals surface area contributed by atoms with Gasteiger partial charge in [-0.25, -0.2) is 18.4 Å². The average molecular weight is 368 g/mol. The first-order valence-corrected chi connectivity index (χ1v) is 9.59. The highest BCUT2D eigenvalue weighted by atomic mass is 32.2. The number of hydrogen-bond acceptors (Lipinski definition) is 8. The van der Waals surface area contributed by atoms with Crippen LogP contribution < -0.4 is 5.32 Å². The fourth-order valence-corrected chi connectivity index (χ4v) is 3.38. The van der Waals surface area contributed by atoms with Gasteiger partial charge < -0.3 is 5.32 Å². The van der Waals surface area contributed by atoms with Crippen LogP contribution in [0.15, 0.2) is 12.4 Å². The highest BCUT2D eigenvalue weighted by Gasteiger charge is 2.27. The van der Waals surface area contributed by atoms with E-state index in [0.29, 0.717) is 18.7 Å². The molecular formula is C14H20N6O4S. The van der Waals surface area contributed by atoms with Crippen molar-refractivity contribution in [2.45, 2.75) is 39.0 Å². The summed E-state index contributed by atoms with van der Waals surface area (Å²) in [5.74, 6) is 0.578. The third kappa shape index (κ3) is 4.10. The van der Waals surface area contributed by atoms with Crippen LogP contribution in [0.4, 0.5) is 11.6 Å². The third-order valence-electron chi connectivity index (χ3n) is 3.63. The summed E-state index contributed by atoms with van der Waals surface area (Å²) in [5.41, 5.74) is -0.118. The predicted molar refractivity (Wildman–Crippen MR) is 92.4 cm³/mol. The molecule has 0 aliphatic rings. The molecule has 25 heavy (non-hydrogen) atoms. The number of anilines is 1. The molecule has 10 nitrogen and oxygen atoms in total. The molecule has 1 N–H and O–H groups in total. The SMILES string of the molecule is CCCC(Nc1nc(C)c([N+](=O)[O-])c(-n2ccnc2C)n1)S(C)(=O)=O. The van der Waals surface area contributed by atoms with Crippen molar-refractivity contribution in [3.05, 3.63) is 34.0 Å². The maximum atomic E-state index is 11.9. The van der Waals surface area contributed by atoms with Crippen molar-refractivity contribution >= 4 is 21.5 Å². The Labute approximate surface area is 145 Å². The van der Waals surface area contributed by atoms with Crippen LogP contribution in [0.25, 0.3) is 5.82 Å². The first kappa shape index (κ1) is 18.8. The van der Waals surface area contributed by atoms with Gasteiger partial charge >= 0.3 is 5.69 Å². The third-order valence-corrected chi connectivity index (χ3v) is 5.02. The average Bonchev–Trinajstić information content (AvgIpc) is 2.90. The molecule has 2 aromatic rings. The van der Waals surface area contributed by atoms with Crippen molar-refractivity contribution in [3.8, 4) is 5.82 Å². The summed E-state index contributed by atoms with van der Waals surface area (Å²) in [4.78, 5) is 23.2. The van der Waals surface area contributed by atoms with Gasteiger partial charge in [-0.05, 0) is 20.3 Å². The number of sulfone groups is 1. The normalized spacial score (nSPS) is 12.8. The molecule has 2 rings (SSSR count). The molecule has 0 amide bonds. The number of hydrogen-bond donors (Lipinski definition) is 1. The standard InChI is InChI=1S/C14H20N6O4S/c1-5-6-11(25(4,23)24)17-14-16-9(2)12(20(21)22)13(18-14)19-8-7-15-10(19)3/h7-8,11H,5-6H2,1-4H3,(H,16,17,18). The molecule has 0 saturated carbocycles. The zero-order chi connectivity index (χ0) is 18.8. The summed E-state index contributed by atoms with van der Waals surface area (Å²) in [6.45, 7) is 5.03. The largest absolute Gasteiger partial charge is 0.338 e. The molecular weight excluding hydrogens is 348 g/mol. The van der Waals surface area contributed by atoms with Gasteiger partial charge in [0.25, 0.3) is 0 Å². The van der Waals surface area contributed by atoms with E-state index >= 15 is 0 Å². The van der Waals surface area contributed by atoms with Gasteiger partial charge in [0, 0.05) is 18.6 Å². The van der Waals surface area contributed by atoms with Crippen molar-refractivity contribution in [3.63, 3.8) is 0 Å². The lowest BCUT2D eigenvalue weighted by molar-refractivity contribution is -0.385. The van der Waals surface area contributed by atoms with Crippen LogP contribution in [-0.4, -0.2) is 44.5 Å². The number of aromatic nitrogens is 4. The fraction of sp³-hybridized carbons (Fsp3) is 0.500. The maximum absolute atomic E-state index is 11.9. The summed E-state index contributed by atoms with van der Waals surface area (Å²) in [7, 11) is -3.38. The van der Waals surface area contributed by atoms with Gasteiger partial charge in [0.2, 0.25) is 11.8 Å². The van der Waals surface area contributed by atoms with E-state index in [1.165, 1.54) is 17.7 Å². The monoisotopic (exact) mass is 368 g/mol. The van der Waals surface area contributed by atoms with E-state index < -0.39 is 20.1 Å². The molecule has 2 aromatic heterocycles. The molecule has 136 valence electrons. The lowest BCUT2D eigenvalue weighted by Crippen LogP contribution is -2.30. The number of rotatable bonds is 7. The van der Waals surface area contributed by atoms with Crippen LogP contribution in [0.5, 0.6) is 0 Å². The topological polar surface area (TPSA) is 133 Å². The van der Waals surface area contributed by atoms with Crippen LogP contribution in [0, 0.1) is 24.0 Å². The lowest BCUT2D eigenvalue weighted by Gasteiger charge is -2.17. The molecule has 0 bridgehead atoms. The second kappa shape index (κ2) is 7.13. The minimum atomic E-state index is -3.38. The molecule has 0 spiro atoms. The second-order valence-electron chi connectivity index (χ2n) is 5.66. The molecule has 1 unspecified atom stereocenters. The van der Waals surface area contributed by atoms with Gasteiger partial charge in [-0.1, -0.05) is 13.3 Å². The number of nitrogens with zero attached hydrogens (tertiary/aromatic N) is 5. The highest BCUT2D eigenvalue weighted by Crippen LogP contribution is 2.26. The van der Waals surface area contributed by atoms with Gasteiger partial charge in [-0.2, -0.15) is 4.98 Å². The summed E-state index contributed by atoms with van der Waals surface area (Å²) >= 11 is 0. The zero-order valence-electron chi connectivity index (χ0n) is 14.4. The van der Waals surface area contributed by atoms with Crippen LogP contribution in [-0.2, 0) is 9.84 Å². The Morgan fingerprint density at radius 2 is 2.04 bits per heavy atom. The van der Waals surface area contributed by atoms with Gasteiger partial charge in [0.05, 0.1) is 4.92 Å². The van der Waals surface area contributed by atoms with Crippen molar-refractivity contribution < 1.29 is 13.3 Å². The quantitative estimate of drug-likeness (QED) is 0.577. The summed E-state index contributed by atoms with van der Waals surface area (Å²) in [5, 5.41) is 13.3.